The Morgan fingerprint density at radius 3 is 2.68 bits per heavy atom. The van der Waals surface area contributed by atoms with Gasteiger partial charge in [-0.15, -0.1) is 5.10 Å². The zero-order valence-corrected chi connectivity index (χ0v) is 13.9. The molecule has 0 aliphatic rings. The highest BCUT2D eigenvalue weighted by Crippen LogP contribution is 2.22. The van der Waals surface area contributed by atoms with Crippen LogP contribution in [0.25, 0.3) is 0 Å². The van der Waals surface area contributed by atoms with Gasteiger partial charge < -0.3 is 0 Å². The fourth-order valence-electron chi connectivity index (χ4n) is 1.99. The van der Waals surface area contributed by atoms with Gasteiger partial charge in [0.25, 0.3) is 5.91 Å². The van der Waals surface area contributed by atoms with E-state index < -0.39 is 12.5 Å². The molecule has 0 saturated carbocycles. The summed E-state index contributed by atoms with van der Waals surface area (Å²) >= 11 is 11.8. The molecule has 0 saturated heterocycles. The van der Waals surface area contributed by atoms with E-state index in [9.17, 15) is 13.6 Å². The van der Waals surface area contributed by atoms with Gasteiger partial charge in [0.2, 0.25) is 5.95 Å². The Morgan fingerprint density at radius 2 is 2.00 bits per heavy atom. The van der Waals surface area contributed by atoms with Gasteiger partial charge in [-0.05, 0) is 23.8 Å². The topological polar surface area (TPSA) is 77.6 Å². The van der Waals surface area contributed by atoms with Crippen molar-refractivity contribution in [1.29, 1.82) is 0 Å². The summed E-state index contributed by atoms with van der Waals surface area (Å²) in [6, 6.07) is 6.32. The maximum Gasteiger partial charge on any atom is 0.333 e. The highest BCUT2D eigenvalue weighted by molar-refractivity contribution is 6.42. The highest BCUT2D eigenvalue weighted by Gasteiger charge is 2.15. The van der Waals surface area contributed by atoms with Crippen LogP contribution in [0, 0.1) is 0 Å². The number of halogens is 4. The third kappa shape index (κ3) is 4.12. The van der Waals surface area contributed by atoms with E-state index in [0.717, 1.165) is 11.8 Å². The molecule has 1 aromatic carbocycles. The second-order valence-corrected chi connectivity index (χ2v) is 5.74. The lowest BCUT2D eigenvalue weighted by Gasteiger charge is -2.03. The Labute approximate surface area is 150 Å². The second kappa shape index (κ2) is 7.16. The maximum absolute atomic E-state index is 12.5. The first-order valence-electron chi connectivity index (χ1n) is 6.90. The fraction of sp³-hybridized carbons (Fsp3) is 0.143. The fourth-order valence-corrected chi connectivity index (χ4v) is 2.31. The largest absolute Gasteiger partial charge is 0.333 e. The van der Waals surface area contributed by atoms with Crippen LogP contribution in [0.3, 0.4) is 0 Å². The molecule has 0 atom stereocenters. The summed E-state index contributed by atoms with van der Waals surface area (Å²) in [6.07, 6.45) is 2.42. The van der Waals surface area contributed by atoms with Crippen LogP contribution in [0.4, 0.5) is 14.7 Å². The number of rotatable bonds is 5. The Hall–Kier alpha value is -2.52. The molecule has 2 aromatic heterocycles. The number of aromatic nitrogens is 5. The summed E-state index contributed by atoms with van der Waals surface area (Å²) in [5.74, 6) is -0.664. The van der Waals surface area contributed by atoms with Gasteiger partial charge in [-0.3, -0.25) is 10.1 Å². The summed E-state index contributed by atoms with van der Waals surface area (Å²) < 4.78 is 26.8. The van der Waals surface area contributed by atoms with Crippen LogP contribution >= 0.6 is 23.2 Å². The first-order valence-corrected chi connectivity index (χ1v) is 7.66. The molecule has 0 aliphatic carbocycles. The van der Waals surface area contributed by atoms with E-state index in [4.69, 9.17) is 23.2 Å². The van der Waals surface area contributed by atoms with Crippen molar-refractivity contribution in [3.05, 3.63) is 58.1 Å². The van der Waals surface area contributed by atoms with Crippen LogP contribution in [-0.4, -0.2) is 30.5 Å². The number of carbonyl (C=O) groups excluding carboxylic acids is 1. The molecule has 2 heterocycles. The molecule has 130 valence electrons. The molecule has 1 N–H and O–H groups in total. The molecular weight excluding hydrogens is 377 g/mol. The van der Waals surface area contributed by atoms with E-state index in [-0.39, 0.29) is 11.6 Å². The minimum Gasteiger partial charge on any atom is -0.288 e. The van der Waals surface area contributed by atoms with Gasteiger partial charge in [-0.2, -0.15) is 13.9 Å². The maximum atomic E-state index is 12.5. The SMILES string of the molecule is O=C(Nc1ncn(Cc2ccc(Cl)c(Cl)c2)n1)c1ccn(C(F)F)n1. The molecule has 0 fully saturated rings. The Bertz CT molecular complexity index is 910. The number of alkyl halides is 2. The quantitative estimate of drug-likeness (QED) is 0.727. The van der Waals surface area contributed by atoms with Gasteiger partial charge in [0.1, 0.15) is 6.33 Å². The van der Waals surface area contributed by atoms with E-state index >= 15 is 0 Å². The van der Waals surface area contributed by atoms with Gasteiger partial charge in [0, 0.05) is 6.20 Å². The average Bonchev–Trinajstić information content (AvgIpc) is 3.20. The van der Waals surface area contributed by atoms with Crippen molar-refractivity contribution in [2.24, 2.45) is 0 Å². The lowest BCUT2D eigenvalue weighted by Crippen LogP contribution is -2.15. The molecule has 0 bridgehead atoms. The number of benzene rings is 1. The van der Waals surface area contributed by atoms with Crippen molar-refractivity contribution >= 4 is 35.1 Å². The smallest absolute Gasteiger partial charge is 0.288 e. The first kappa shape index (κ1) is 17.3. The van der Waals surface area contributed by atoms with E-state index in [2.05, 4.69) is 20.5 Å². The number of amides is 1. The third-order valence-corrected chi connectivity index (χ3v) is 3.87. The minimum atomic E-state index is -2.81. The summed E-state index contributed by atoms with van der Waals surface area (Å²) in [5.41, 5.74) is 0.675. The van der Waals surface area contributed by atoms with Gasteiger partial charge in [-0.1, -0.05) is 29.3 Å². The van der Waals surface area contributed by atoms with Crippen LogP contribution in [-0.2, 0) is 6.54 Å². The van der Waals surface area contributed by atoms with Gasteiger partial charge in [0.15, 0.2) is 5.69 Å². The Balaban J connectivity index is 1.66. The summed E-state index contributed by atoms with van der Waals surface area (Å²) in [7, 11) is 0. The van der Waals surface area contributed by atoms with Crippen molar-refractivity contribution < 1.29 is 13.6 Å². The monoisotopic (exact) mass is 386 g/mol. The molecule has 25 heavy (non-hydrogen) atoms. The lowest BCUT2D eigenvalue weighted by molar-refractivity contribution is 0.0561. The van der Waals surface area contributed by atoms with Crippen LogP contribution in [0.2, 0.25) is 10.0 Å². The minimum absolute atomic E-state index is 0.0247. The first-order chi connectivity index (χ1) is 11.9. The standard InChI is InChI=1S/C14H10Cl2F2N6O/c15-9-2-1-8(5-10(9)16)6-23-7-19-14(22-23)20-12(25)11-3-4-24(21-11)13(17)18/h1-5,7,13H,6H2,(H,20,22,25). The average molecular weight is 387 g/mol. The number of carbonyl (C=O) groups is 1. The summed E-state index contributed by atoms with van der Waals surface area (Å²) in [4.78, 5) is 15.9. The zero-order valence-electron chi connectivity index (χ0n) is 12.4. The zero-order chi connectivity index (χ0) is 18.0. The van der Waals surface area contributed by atoms with E-state index in [1.807, 2.05) is 0 Å². The predicted molar refractivity (Wildman–Crippen MR) is 87.0 cm³/mol. The van der Waals surface area contributed by atoms with Crippen molar-refractivity contribution in [1.82, 2.24) is 24.5 Å². The second-order valence-electron chi connectivity index (χ2n) is 4.93. The number of anilines is 1. The number of nitrogens with zero attached hydrogens (tertiary/aromatic N) is 5. The summed E-state index contributed by atoms with van der Waals surface area (Å²) in [5, 5.41) is 10.8. The van der Waals surface area contributed by atoms with Gasteiger partial charge in [-0.25, -0.2) is 14.3 Å². The molecule has 0 radical (unpaired) electrons. The van der Waals surface area contributed by atoms with Crippen LogP contribution < -0.4 is 5.32 Å². The van der Waals surface area contributed by atoms with Crippen molar-refractivity contribution in [3.8, 4) is 0 Å². The molecule has 11 heteroatoms. The normalized spacial score (nSPS) is 11.1. The van der Waals surface area contributed by atoms with Crippen molar-refractivity contribution in [2.75, 3.05) is 5.32 Å². The van der Waals surface area contributed by atoms with E-state index in [1.54, 1.807) is 18.2 Å². The number of hydrogen-bond acceptors (Lipinski definition) is 4. The van der Waals surface area contributed by atoms with E-state index in [0.29, 0.717) is 21.3 Å². The Kier molecular flexibility index (Phi) is 4.95. The van der Waals surface area contributed by atoms with Crippen LogP contribution in [0.5, 0.6) is 0 Å². The van der Waals surface area contributed by atoms with Gasteiger partial charge in [0.05, 0.1) is 16.6 Å². The Morgan fingerprint density at radius 1 is 1.20 bits per heavy atom. The third-order valence-electron chi connectivity index (χ3n) is 3.13. The van der Waals surface area contributed by atoms with E-state index in [1.165, 1.54) is 17.1 Å². The summed E-state index contributed by atoms with van der Waals surface area (Å²) in [6.45, 7) is -2.45. The molecule has 0 unspecified atom stereocenters. The van der Waals surface area contributed by atoms with Gasteiger partial charge >= 0.3 is 6.55 Å². The van der Waals surface area contributed by atoms with Crippen molar-refractivity contribution in [2.45, 2.75) is 13.1 Å². The molecule has 1 amide bonds. The highest BCUT2D eigenvalue weighted by atomic mass is 35.5. The molecule has 3 rings (SSSR count). The molecule has 0 aliphatic heterocycles. The number of nitrogens with one attached hydrogen (secondary N) is 1. The molecular formula is C14H10Cl2F2N6O. The lowest BCUT2D eigenvalue weighted by atomic mass is 10.2. The van der Waals surface area contributed by atoms with Crippen LogP contribution in [0.15, 0.2) is 36.8 Å². The van der Waals surface area contributed by atoms with Crippen LogP contribution in [0.1, 0.15) is 22.6 Å². The molecule has 0 spiro atoms. The molecule has 3 aromatic rings. The predicted octanol–water partition coefficient (Wildman–Crippen LogP) is 3.48. The number of hydrogen-bond donors (Lipinski definition) is 1. The van der Waals surface area contributed by atoms with Crippen molar-refractivity contribution in [3.63, 3.8) is 0 Å². The molecule has 7 nitrogen and oxygen atoms in total.